The molecule has 0 aromatic heterocycles. The van der Waals surface area contributed by atoms with Crippen LogP contribution in [0, 0.1) is 5.92 Å². The summed E-state index contributed by atoms with van der Waals surface area (Å²) >= 11 is 0. The maximum Gasteiger partial charge on any atom is 0.330 e. The van der Waals surface area contributed by atoms with Crippen molar-refractivity contribution in [2.45, 2.75) is 45.7 Å². The molecule has 1 N–H and O–H groups in total. The normalized spacial score (nSPS) is 19.8. The number of carbonyl (C=O) groups is 3. The summed E-state index contributed by atoms with van der Waals surface area (Å²) in [6.45, 7) is 7.38. The maximum atomic E-state index is 12.1. The maximum absolute atomic E-state index is 12.1. The molecule has 6 heteroatoms. The molecular formula is C13H22N2O4. The van der Waals surface area contributed by atoms with Crippen LogP contribution in [-0.4, -0.2) is 47.9 Å². The van der Waals surface area contributed by atoms with Crippen LogP contribution < -0.4 is 5.32 Å². The van der Waals surface area contributed by atoms with Gasteiger partial charge in [-0.2, -0.15) is 0 Å². The van der Waals surface area contributed by atoms with Gasteiger partial charge in [0.15, 0.2) is 0 Å². The summed E-state index contributed by atoms with van der Waals surface area (Å²) in [7, 11) is 1.27. The highest BCUT2D eigenvalue weighted by atomic mass is 16.5. The number of nitrogens with zero attached hydrogens (tertiary/aromatic N) is 1. The third-order valence-corrected chi connectivity index (χ3v) is 3.28. The SMILES string of the molecule is COC(=O)C(C)(C)NC(=O)C1CC(=O)N(C(C)C)C1. The first-order valence-electron chi connectivity index (χ1n) is 6.39. The number of hydrogen-bond acceptors (Lipinski definition) is 4. The van der Waals surface area contributed by atoms with E-state index in [0.717, 1.165) is 0 Å². The predicted octanol–water partition coefficient (Wildman–Crippen LogP) is 0.311. The fourth-order valence-electron chi connectivity index (χ4n) is 2.12. The van der Waals surface area contributed by atoms with Gasteiger partial charge in [-0.15, -0.1) is 0 Å². The number of amides is 2. The van der Waals surface area contributed by atoms with Crippen LogP contribution in [0.4, 0.5) is 0 Å². The Hall–Kier alpha value is -1.59. The smallest absolute Gasteiger partial charge is 0.330 e. The van der Waals surface area contributed by atoms with Crippen LogP contribution in [-0.2, 0) is 19.1 Å². The highest BCUT2D eigenvalue weighted by Crippen LogP contribution is 2.21. The van der Waals surface area contributed by atoms with Gasteiger partial charge in [0.05, 0.1) is 13.0 Å². The summed E-state index contributed by atoms with van der Waals surface area (Å²) < 4.78 is 4.63. The van der Waals surface area contributed by atoms with Gasteiger partial charge in [0.2, 0.25) is 11.8 Å². The third kappa shape index (κ3) is 3.45. The standard InChI is InChI=1S/C13H22N2O4/c1-8(2)15-7-9(6-10(15)16)11(17)14-13(3,4)12(18)19-5/h8-9H,6-7H2,1-5H3,(H,14,17). The molecule has 0 aromatic rings. The van der Waals surface area contributed by atoms with Crippen LogP contribution in [0.3, 0.4) is 0 Å². The van der Waals surface area contributed by atoms with Crippen molar-refractivity contribution < 1.29 is 19.1 Å². The summed E-state index contributed by atoms with van der Waals surface area (Å²) in [5.41, 5.74) is -1.08. The lowest BCUT2D eigenvalue weighted by Crippen LogP contribution is -2.52. The van der Waals surface area contributed by atoms with E-state index in [1.165, 1.54) is 7.11 Å². The largest absolute Gasteiger partial charge is 0.467 e. The van der Waals surface area contributed by atoms with Gasteiger partial charge in [-0.05, 0) is 27.7 Å². The molecule has 1 unspecified atom stereocenters. The lowest BCUT2D eigenvalue weighted by Gasteiger charge is -2.25. The van der Waals surface area contributed by atoms with E-state index < -0.39 is 17.4 Å². The number of rotatable bonds is 4. The zero-order chi connectivity index (χ0) is 14.8. The van der Waals surface area contributed by atoms with Crippen molar-refractivity contribution in [3.05, 3.63) is 0 Å². The van der Waals surface area contributed by atoms with Gasteiger partial charge in [0.1, 0.15) is 5.54 Å². The fraction of sp³-hybridized carbons (Fsp3) is 0.769. The number of likely N-dealkylation sites (tertiary alicyclic amines) is 1. The van der Waals surface area contributed by atoms with E-state index in [1.807, 2.05) is 13.8 Å². The Morgan fingerprint density at radius 1 is 1.42 bits per heavy atom. The molecule has 0 aromatic carbocycles. The first-order chi connectivity index (χ1) is 8.69. The number of hydrogen-bond donors (Lipinski definition) is 1. The lowest BCUT2D eigenvalue weighted by atomic mass is 10.0. The summed E-state index contributed by atoms with van der Waals surface area (Å²) in [6.07, 6.45) is 0.196. The van der Waals surface area contributed by atoms with Crippen molar-refractivity contribution in [3.8, 4) is 0 Å². The molecule has 1 saturated heterocycles. The van der Waals surface area contributed by atoms with Crippen LogP contribution in [0.1, 0.15) is 34.1 Å². The second-order valence-corrected chi connectivity index (χ2v) is 5.65. The van der Waals surface area contributed by atoms with Gasteiger partial charge >= 0.3 is 5.97 Å². The minimum absolute atomic E-state index is 0.0222. The molecule has 6 nitrogen and oxygen atoms in total. The van der Waals surface area contributed by atoms with E-state index in [4.69, 9.17) is 0 Å². The van der Waals surface area contributed by atoms with Gasteiger partial charge in [-0.25, -0.2) is 4.79 Å². The van der Waals surface area contributed by atoms with Crippen LogP contribution in [0.5, 0.6) is 0 Å². The van der Waals surface area contributed by atoms with Crippen molar-refractivity contribution in [1.29, 1.82) is 0 Å². The minimum Gasteiger partial charge on any atom is -0.467 e. The molecule has 0 spiro atoms. The fourth-order valence-corrected chi connectivity index (χ4v) is 2.12. The van der Waals surface area contributed by atoms with Gasteiger partial charge in [0.25, 0.3) is 0 Å². The molecular weight excluding hydrogens is 248 g/mol. The molecule has 0 saturated carbocycles. The minimum atomic E-state index is -1.08. The van der Waals surface area contributed by atoms with Crippen molar-refractivity contribution in [2.24, 2.45) is 5.92 Å². The van der Waals surface area contributed by atoms with E-state index in [0.29, 0.717) is 6.54 Å². The van der Waals surface area contributed by atoms with Gasteiger partial charge in [-0.3, -0.25) is 9.59 Å². The predicted molar refractivity (Wildman–Crippen MR) is 69.2 cm³/mol. The van der Waals surface area contributed by atoms with Crippen molar-refractivity contribution in [3.63, 3.8) is 0 Å². The Morgan fingerprint density at radius 2 is 2.00 bits per heavy atom. The Labute approximate surface area is 113 Å². The Balaban J connectivity index is 2.66. The summed E-state index contributed by atoms with van der Waals surface area (Å²) in [5.74, 6) is -1.22. The van der Waals surface area contributed by atoms with E-state index in [2.05, 4.69) is 10.1 Å². The molecule has 1 aliphatic rings. The Bertz CT molecular complexity index is 390. The summed E-state index contributed by atoms with van der Waals surface area (Å²) in [6, 6.07) is 0.0823. The monoisotopic (exact) mass is 270 g/mol. The van der Waals surface area contributed by atoms with Crippen LogP contribution in [0.2, 0.25) is 0 Å². The first kappa shape index (κ1) is 15.5. The molecule has 1 atom stereocenters. The first-order valence-corrected chi connectivity index (χ1v) is 6.39. The average molecular weight is 270 g/mol. The van der Waals surface area contributed by atoms with Gasteiger partial charge in [-0.1, -0.05) is 0 Å². The zero-order valence-electron chi connectivity index (χ0n) is 12.1. The van der Waals surface area contributed by atoms with Crippen molar-refractivity contribution in [2.75, 3.05) is 13.7 Å². The highest BCUT2D eigenvalue weighted by molar-refractivity contribution is 5.92. The van der Waals surface area contributed by atoms with Crippen molar-refractivity contribution in [1.82, 2.24) is 10.2 Å². The second-order valence-electron chi connectivity index (χ2n) is 5.65. The number of carbonyl (C=O) groups excluding carboxylic acids is 3. The lowest BCUT2D eigenvalue weighted by molar-refractivity contribution is -0.149. The molecule has 19 heavy (non-hydrogen) atoms. The number of esters is 1. The Kier molecular flexibility index (Phi) is 4.55. The number of nitrogens with one attached hydrogen (secondary N) is 1. The summed E-state index contributed by atoms with van der Waals surface area (Å²) in [5, 5.41) is 2.64. The van der Waals surface area contributed by atoms with Crippen molar-refractivity contribution >= 4 is 17.8 Å². The Morgan fingerprint density at radius 3 is 2.42 bits per heavy atom. The third-order valence-electron chi connectivity index (χ3n) is 3.28. The average Bonchev–Trinajstić information content (AvgIpc) is 2.69. The summed E-state index contributed by atoms with van der Waals surface area (Å²) in [4.78, 5) is 37.0. The number of methoxy groups -OCH3 is 1. The van der Waals surface area contributed by atoms with Crippen LogP contribution in [0.15, 0.2) is 0 Å². The van der Waals surface area contributed by atoms with E-state index in [9.17, 15) is 14.4 Å². The van der Waals surface area contributed by atoms with Gasteiger partial charge < -0.3 is 15.0 Å². The topological polar surface area (TPSA) is 75.7 Å². The van der Waals surface area contributed by atoms with E-state index in [-0.39, 0.29) is 24.3 Å². The molecule has 0 radical (unpaired) electrons. The molecule has 1 heterocycles. The molecule has 2 amide bonds. The van der Waals surface area contributed by atoms with E-state index >= 15 is 0 Å². The van der Waals surface area contributed by atoms with Crippen LogP contribution in [0.25, 0.3) is 0 Å². The molecule has 1 rings (SSSR count). The molecule has 1 fully saturated rings. The highest BCUT2D eigenvalue weighted by Gasteiger charge is 2.39. The zero-order valence-corrected chi connectivity index (χ0v) is 12.1. The molecule has 108 valence electrons. The van der Waals surface area contributed by atoms with Crippen LogP contribution >= 0.6 is 0 Å². The molecule has 1 aliphatic heterocycles. The van der Waals surface area contributed by atoms with E-state index in [1.54, 1.807) is 18.7 Å². The quantitative estimate of drug-likeness (QED) is 0.746. The van der Waals surface area contributed by atoms with Gasteiger partial charge in [0, 0.05) is 19.0 Å². The second kappa shape index (κ2) is 5.59. The molecule has 0 aliphatic carbocycles. The molecule has 0 bridgehead atoms. The number of ether oxygens (including phenoxy) is 1.